The van der Waals surface area contributed by atoms with Crippen molar-refractivity contribution in [1.82, 2.24) is 15.2 Å². The van der Waals surface area contributed by atoms with E-state index >= 15 is 0 Å². The Balaban J connectivity index is 1.71. The highest BCUT2D eigenvalue weighted by Gasteiger charge is 2.24. The Kier molecular flexibility index (Phi) is 3.60. The average Bonchev–Trinajstić information content (AvgIpc) is 3.14. The molecular weight excluding hydrogens is 238 g/mol. The third-order valence-electron chi connectivity index (χ3n) is 4.18. The standard InChI is InChI=1S/C15H23N3O/c1-16-14-5-3-2-4-11-8-18(9-13(11)14)10-15(19)17-12-6-7-12/h8-9,12,14,16H,2-7,10H2,1H3,(H,17,19). The van der Waals surface area contributed by atoms with Crippen molar-refractivity contribution in [1.29, 1.82) is 0 Å². The topological polar surface area (TPSA) is 46.1 Å². The van der Waals surface area contributed by atoms with Gasteiger partial charge in [0.15, 0.2) is 0 Å². The maximum absolute atomic E-state index is 11.8. The minimum atomic E-state index is 0.147. The lowest BCUT2D eigenvalue weighted by Gasteiger charge is -2.13. The third-order valence-corrected chi connectivity index (χ3v) is 4.18. The van der Waals surface area contributed by atoms with E-state index in [1.165, 1.54) is 30.4 Å². The van der Waals surface area contributed by atoms with Crippen LogP contribution in [0.3, 0.4) is 0 Å². The highest BCUT2D eigenvalue weighted by molar-refractivity contribution is 5.76. The van der Waals surface area contributed by atoms with Crippen LogP contribution in [0.5, 0.6) is 0 Å². The molecule has 0 bridgehead atoms. The van der Waals surface area contributed by atoms with Crippen LogP contribution in [0.15, 0.2) is 12.4 Å². The summed E-state index contributed by atoms with van der Waals surface area (Å²) in [4.78, 5) is 11.8. The number of nitrogens with zero attached hydrogens (tertiary/aromatic N) is 1. The minimum absolute atomic E-state index is 0.147. The lowest BCUT2D eigenvalue weighted by atomic mass is 10.1. The fourth-order valence-corrected chi connectivity index (χ4v) is 2.97. The van der Waals surface area contributed by atoms with Crippen molar-refractivity contribution in [3.63, 3.8) is 0 Å². The van der Waals surface area contributed by atoms with Gasteiger partial charge >= 0.3 is 0 Å². The first-order chi connectivity index (χ1) is 9.26. The van der Waals surface area contributed by atoms with Crippen LogP contribution in [-0.4, -0.2) is 23.6 Å². The molecule has 1 unspecified atom stereocenters. The molecule has 0 saturated heterocycles. The molecule has 1 fully saturated rings. The second-order valence-corrected chi connectivity index (χ2v) is 5.84. The summed E-state index contributed by atoms with van der Waals surface area (Å²) in [5.74, 6) is 0.147. The molecule has 0 aromatic carbocycles. The van der Waals surface area contributed by atoms with Crippen LogP contribution in [-0.2, 0) is 17.8 Å². The smallest absolute Gasteiger partial charge is 0.240 e. The van der Waals surface area contributed by atoms with Crippen molar-refractivity contribution < 1.29 is 4.79 Å². The molecule has 4 nitrogen and oxygen atoms in total. The first-order valence-corrected chi connectivity index (χ1v) is 7.41. The number of hydrogen-bond acceptors (Lipinski definition) is 2. The number of carbonyl (C=O) groups excluding carboxylic acids is 1. The number of rotatable bonds is 4. The van der Waals surface area contributed by atoms with Crippen LogP contribution in [0.2, 0.25) is 0 Å². The van der Waals surface area contributed by atoms with Crippen molar-refractivity contribution >= 4 is 5.91 Å². The number of carbonyl (C=O) groups is 1. The van der Waals surface area contributed by atoms with Gasteiger partial charge in [0.2, 0.25) is 5.91 Å². The predicted molar refractivity (Wildman–Crippen MR) is 75.0 cm³/mol. The lowest BCUT2D eigenvalue weighted by Crippen LogP contribution is -2.28. The van der Waals surface area contributed by atoms with Crippen molar-refractivity contribution in [3.05, 3.63) is 23.5 Å². The van der Waals surface area contributed by atoms with E-state index in [0.29, 0.717) is 18.6 Å². The van der Waals surface area contributed by atoms with Gasteiger partial charge in [0, 0.05) is 24.5 Å². The molecule has 0 spiro atoms. The summed E-state index contributed by atoms with van der Waals surface area (Å²) in [5, 5.41) is 6.44. The van der Waals surface area contributed by atoms with Gasteiger partial charge in [-0.2, -0.15) is 0 Å². The highest BCUT2D eigenvalue weighted by atomic mass is 16.2. The van der Waals surface area contributed by atoms with E-state index in [1.807, 2.05) is 7.05 Å². The molecule has 1 aromatic rings. The van der Waals surface area contributed by atoms with E-state index in [4.69, 9.17) is 0 Å². The predicted octanol–water partition coefficient (Wildman–Crippen LogP) is 1.75. The van der Waals surface area contributed by atoms with Crippen molar-refractivity contribution in [3.8, 4) is 0 Å². The molecule has 0 radical (unpaired) electrons. The van der Waals surface area contributed by atoms with Gasteiger partial charge in [0.25, 0.3) is 0 Å². The van der Waals surface area contributed by atoms with Crippen LogP contribution in [0.25, 0.3) is 0 Å². The van der Waals surface area contributed by atoms with E-state index in [0.717, 1.165) is 19.3 Å². The summed E-state index contributed by atoms with van der Waals surface area (Å²) in [6.45, 7) is 0.458. The van der Waals surface area contributed by atoms with E-state index in [-0.39, 0.29) is 5.91 Å². The summed E-state index contributed by atoms with van der Waals surface area (Å²) in [6, 6.07) is 0.899. The fraction of sp³-hybridized carbons (Fsp3) is 0.667. The Labute approximate surface area is 114 Å². The fourth-order valence-electron chi connectivity index (χ4n) is 2.97. The molecule has 1 amide bonds. The number of nitrogens with one attached hydrogen (secondary N) is 2. The molecule has 1 heterocycles. The van der Waals surface area contributed by atoms with Crippen LogP contribution >= 0.6 is 0 Å². The van der Waals surface area contributed by atoms with E-state index in [1.54, 1.807) is 0 Å². The molecule has 1 atom stereocenters. The monoisotopic (exact) mass is 261 g/mol. The van der Waals surface area contributed by atoms with Gasteiger partial charge < -0.3 is 15.2 Å². The Hall–Kier alpha value is -1.29. The Morgan fingerprint density at radius 2 is 2.16 bits per heavy atom. The molecule has 2 aliphatic rings. The number of hydrogen-bond donors (Lipinski definition) is 2. The van der Waals surface area contributed by atoms with Gasteiger partial charge in [-0.1, -0.05) is 6.42 Å². The molecule has 19 heavy (non-hydrogen) atoms. The minimum Gasteiger partial charge on any atom is -0.352 e. The Morgan fingerprint density at radius 3 is 2.89 bits per heavy atom. The lowest BCUT2D eigenvalue weighted by molar-refractivity contribution is -0.121. The Bertz CT molecular complexity index is 462. The molecule has 2 N–H and O–H groups in total. The maximum Gasteiger partial charge on any atom is 0.240 e. The van der Waals surface area contributed by atoms with Crippen LogP contribution in [0.4, 0.5) is 0 Å². The van der Waals surface area contributed by atoms with E-state index in [2.05, 4.69) is 27.6 Å². The molecule has 3 rings (SSSR count). The average molecular weight is 261 g/mol. The number of aryl methyl sites for hydroxylation is 1. The number of fused-ring (bicyclic) bond motifs is 1. The molecule has 4 heteroatoms. The van der Waals surface area contributed by atoms with Gasteiger partial charge in [-0.15, -0.1) is 0 Å². The largest absolute Gasteiger partial charge is 0.352 e. The Morgan fingerprint density at radius 1 is 1.32 bits per heavy atom. The number of aromatic nitrogens is 1. The molecule has 1 aromatic heterocycles. The van der Waals surface area contributed by atoms with Gasteiger partial charge in [0.05, 0.1) is 0 Å². The maximum atomic E-state index is 11.8. The van der Waals surface area contributed by atoms with Gasteiger partial charge in [-0.25, -0.2) is 0 Å². The summed E-state index contributed by atoms with van der Waals surface area (Å²) < 4.78 is 2.05. The first kappa shape index (κ1) is 12.7. The molecule has 2 aliphatic carbocycles. The quantitative estimate of drug-likeness (QED) is 0.811. The summed E-state index contributed by atoms with van der Waals surface area (Å²) >= 11 is 0. The third kappa shape index (κ3) is 3.00. The normalized spacial score (nSPS) is 22.7. The van der Waals surface area contributed by atoms with Crippen molar-refractivity contribution in [2.45, 2.75) is 57.2 Å². The molecule has 104 valence electrons. The first-order valence-electron chi connectivity index (χ1n) is 7.41. The van der Waals surface area contributed by atoms with Gasteiger partial charge in [0.1, 0.15) is 6.54 Å². The SMILES string of the molecule is CNC1CCCCc2cn(CC(=O)NC3CC3)cc21. The summed E-state index contributed by atoms with van der Waals surface area (Å²) in [6.07, 6.45) is 11.5. The molecule has 0 aliphatic heterocycles. The second kappa shape index (κ2) is 5.37. The molecular formula is C15H23N3O. The van der Waals surface area contributed by atoms with Crippen LogP contribution in [0.1, 0.15) is 49.3 Å². The van der Waals surface area contributed by atoms with Crippen molar-refractivity contribution in [2.75, 3.05) is 7.05 Å². The summed E-state index contributed by atoms with van der Waals surface area (Å²) in [7, 11) is 2.02. The second-order valence-electron chi connectivity index (χ2n) is 5.84. The zero-order chi connectivity index (χ0) is 13.2. The van der Waals surface area contributed by atoms with Crippen LogP contribution < -0.4 is 10.6 Å². The van der Waals surface area contributed by atoms with Gasteiger partial charge in [-0.3, -0.25) is 4.79 Å². The number of amides is 1. The zero-order valence-electron chi connectivity index (χ0n) is 11.6. The zero-order valence-corrected chi connectivity index (χ0v) is 11.6. The highest BCUT2D eigenvalue weighted by Crippen LogP contribution is 2.29. The van der Waals surface area contributed by atoms with E-state index in [9.17, 15) is 4.79 Å². The van der Waals surface area contributed by atoms with E-state index < -0.39 is 0 Å². The van der Waals surface area contributed by atoms with Crippen molar-refractivity contribution in [2.24, 2.45) is 0 Å². The van der Waals surface area contributed by atoms with Crippen LogP contribution in [0, 0.1) is 0 Å². The molecule has 1 saturated carbocycles. The summed E-state index contributed by atoms with van der Waals surface area (Å²) in [5.41, 5.74) is 2.80. The van der Waals surface area contributed by atoms with Gasteiger partial charge in [-0.05, 0) is 50.3 Å².